The Morgan fingerprint density at radius 3 is 1.42 bits per heavy atom. The molecule has 0 aromatic heterocycles. The lowest BCUT2D eigenvalue weighted by Crippen LogP contribution is -2.48. The first-order chi connectivity index (χ1) is 15.3. The molecule has 0 bridgehead atoms. The molecule has 2 rings (SSSR count). The molecule has 4 atom stereocenters. The first kappa shape index (κ1) is 28.7. The van der Waals surface area contributed by atoms with Crippen molar-refractivity contribution in [2.24, 2.45) is 0 Å². The van der Waals surface area contributed by atoms with Crippen molar-refractivity contribution >= 4 is 5.97 Å². The molecular weight excluding hydrogens is 432 g/mol. The zero-order valence-corrected chi connectivity index (χ0v) is 19.2. The fourth-order valence-corrected chi connectivity index (χ4v) is 2.65. The number of hydrogen-bond acceptors (Lipinski definition) is 8. The van der Waals surface area contributed by atoms with Gasteiger partial charge in [0.2, 0.25) is 0 Å². The topological polar surface area (TPSA) is 157 Å². The summed E-state index contributed by atoms with van der Waals surface area (Å²) < 4.78 is 0. The van der Waals surface area contributed by atoms with Crippen LogP contribution in [0.5, 0.6) is 0 Å². The average Bonchev–Trinajstić information content (AvgIpc) is 2.82. The summed E-state index contributed by atoms with van der Waals surface area (Å²) in [6.07, 6.45) is -7.84. The molecule has 0 aliphatic heterocycles. The Bertz CT molecular complexity index is 773. The quantitative estimate of drug-likeness (QED) is 0.224. The van der Waals surface area contributed by atoms with E-state index in [2.05, 4.69) is 0 Å². The molecule has 2 aromatic rings. The summed E-state index contributed by atoms with van der Waals surface area (Å²) in [4.78, 5) is 21.6. The van der Waals surface area contributed by atoms with E-state index in [-0.39, 0.29) is 0 Å². The van der Waals surface area contributed by atoms with Gasteiger partial charge in [-0.15, -0.1) is 0 Å². The monoisotopic (exact) mass is 466 g/mol. The summed E-state index contributed by atoms with van der Waals surface area (Å²) in [7, 11) is 0. The number of carboxylic acids is 1. The highest BCUT2D eigenvalue weighted by molar-refractivity contribution is 5.72. The van der Waals surface area contributed by atoms with Gasteiger partial charge >= 0.3 is 5.97 Å². The van der Waals surface area contributed by atoms with Crippen LogP contribution in [0.2, 0.25) is 0 Å². The second-order valence-corrected chi connectivity index (χ2v) is 8.43. The molecule has 0 saturated heterocycles. The normalized spacial score (nSPS) is 15.5. The molecule has 33 heavy (non-hydrogen) atoms. The van der Waals surface area contributed by atoms with Crippen LogP contribution in [0.15, 0.2) is 60.7 Å². The molecule has 6 N–H and O–H groups in total. The minimum Gasteiger partial charge on any atom is -0.479 e. The summed E-state index contributed by atoms with van der Waals surface area (Å²) in [6.45, 7) is 7.17. The minimum atomic E-state index is -2.20. The summed E-state index contributed by atoms with van der Waals surface area (Å²) >= 11 is 0. The van der Waals surface area contributed by atoms with E-state index in [9.17, 15) is 4.79 Å². The lowest BCUT2D eigenvalue weighted by molar-refractivity contribution is -0.410. The van der Waals surface area contributed by atoms with Crippen LogP contribution in [-0.2, 0) is 25.8 Å². The SMILES string of the molecule is CC(C)(OOC(C)(C)c1ccccc1)c1ccccc1.O=C(O)C(O)C(O)C(O)C(O)CO. The molecule has 0 radical (unpaired) electrons. The second kappa shape index (κ2) is 12.8. The van der Waals surface area contributed by atoms with E-state index in [0.717, 1.165) is 11.1 Å². The van der Waals surface area contributed by atoms with Gasteiger partial charge < -0.3 is 30.6 Å². The maximum atomic E-state index is 10.1. The second-order valence-electron chi connectivity index (χ2n) is 8.43. The van der Waals surface area contributed by atoms with Crippen LogP contribution in [-0.4, -0.2) is 67.6 Å². The highest BCUT2D eigenvalue weighted by Gasteiger charge is 2.34. The highest BCUT2D eigenvalue weighted by atomic mass is 17.2. The van der Waals surface area contributed by atoms with Crippen LogP contribution in [0.4, 0.5) is 0 Å². The Labute approximate surface area is 193 Å². The minimum absolute atomic E-state index is 0.493. The lowest BCUT2D eigenvalue weighted by atomic mass is 9.98. The third kappa shape index (κ3) is 8.82. The molecule has 9 heteroatoms. The molecule has 0 spiro atoms. The third-order valence-corrected chi connectivity index (χ3v) is 4.90. The number of carbonyl (C=O) groups is 1. The maximum Gasteiger partial charge on any atom is 0.335 e. The van der Waals surface area contributed by atoms with Crippen LogP contribution >= 0.6 is 0 Å². The molecule has 0 amide bonds. The van der Waals surface area contributed by atoms with Crippen LogP contribution < -0.4 is 0 Å². The van der Waals surface area contributed by atoms with Crippen LogP contribution in [0.1, 0.15) is 38.8 Å². The first-order valence-electron chi connectivity index (χ1n) is 10.4. The van der Waals surface area contributed by atoms with Crippen molar-refractivity contribution in [3.8, 4) is 0 Å². The van der Waals surface area contributed by atoms with Crippen molar-refractivity contribution < 1.29 is 45.2 Å². The van der Waals surface area contributed by atoms with E-state index in [1.165, 1.54) is 0 Å². The first-order valence-corrected chi connectivity index (χ1v) is 10.4. The van der Waals surface area contributed by atoms with Gasteiger partial charge in [0.05, 0.1) is 6.61 Å². The van der Waals surface area contributed by atoms with Gasteiger partial charge in [0, 0.05) is 0 Å². The summed E-state index contributed by atoms with van der Waals surface area (Å²) in [6, 6.07) is 20.2. The molecular formula is C24H34O9. The van der Waals surface area contributed by atoms with Crippen LogP contribution in [0.3, 0.4) is 0 Å². The zero-order valence-electron chi connectivity index (χ0n) is 19.2. The number of benzene rings is 2. The fraction of sp³-hybridized carbons (Fsp3) is 0.458. The number of aliphatic hydroxyl groups is 5. The van der Waals surface area contributed by atoms with Crippen molar-refractivity contribution in [1.29, 1.82) is 0 Å². The molecule has 4 unspecified atom stereocenters. The van der Waals surface area contributed by atoms with E-state index >= 15 is 0 Å². The largest absolute Gasteiger partial charge is 0.479 e. The Kier molecular flexibility index (Phi) is 11.1. The third-order valence-electron chi connectivity index (χ3n) is 4.90. The van der Waals surface area contributed by atoms with Crippen molar-refractivity contribution in [2.75, 3.05) is 6.61 Å². The van der Waals surface area contributed by atoms with Gasteiger partial charge in [0.1, 0.15) is 29.5 Å². The van der Waals surface area contributed by atoms with Gasteiger partial charge in [0.25, 0.3) is 0 Å². The van der Waals surface area contributed by atoms with Crippen molar-refractivity contribution in [2.45, 2.75) is 63.3 Å². The van der Waals surface area contributed by atoms with Crippen LogP contribution in [0.25, 0.3) is 0 Å². The predicted molar refractivity (Wildman–Crippen MR) is 120 cm³/mol. The van der Waals surface area contributed by atoms with E-state index < -0.39 is 48.2 Å². The Balaban J connectivity index is 0.000000366. The van der Waals surface area contributed by atoms with Crippen LogP contribution in [0, 0.1) is 0 Å². The summed E-state index contributed by atoms with van der Waals surface area (Å²) in [5, 5.41) is 51.8. The molecule has 184 valence electrons. The van der Waals surface area contributed by atoms with E-state index in [4.69, 9.17) is 40.4 Å². The Morgan fingerprint density at radius 1 is 0.758 bits per heavy atom. The lowest BCUT2D eigenvalue weighted by Gasteiger charge is -2.31. The molecule has 0 heterocycles. The van der Waals surface area contributed by atoms with Gasteiger partial charge in [-0.1, -0.05) is 60.7 Å². The van der Waals surface area contributed by atoms with Gasteiger partial charge in [-0.3, -0.25) is 0 Å². The number of aliphatic hydroxyl groups excluding tert-OH is 5. The summed E-state index contributed by atoms with van der Waals surface area (Å²) in [5.41, 5.74) is 1.19. The molecule has 0 aliphatic carbocycles. The fourth-order valence-electron chi connectivity index (χ4n) is 2.65. The smallest absolute Gasteiger partial charge is 0.335 e. The van der Waals surface area contributed by atoms with Crippen molar-refractivity contribution in [3.05, 3.63) is 71.8 Å². The zero-order chi connectivity index (χ0) is 25.2. The molecule has 0 fully saturated rings. The number of aliphatic carboxylic acids is 1. The van der Waals surface area contributed by atoms with Gasteiger partial charge in [-0.2, -0.15) is 0 Å². The van der Waals surface area contributed by atoms with E-state index in [1.807, 2.05) is 88.4 Å². The molecule has 0 aliphatic rings. The molecule has 0 saturated carbocycles. The number of hydrogen-bond donors (Lipinski definition) is 6. The van der Waals surface area contributed by atoms with Gasteiger partial charge in [-0.25, -0.2) is 14.6 Å². The highest BCUT2D eigenvalue weighted by Crippen LogP contribution is 2.31. The van der Waals surface area contributed by atoms with Gasteiger partial charge in [-0.05, 0) is 38.8 Å². The predicted octanol–water partition coefficient (Wildman–Crippen LogP) is 1.31. The Hall–Kier alpha value is -2.37. The van der Waals surface area contributed by atoms with Crippen molar-refractivity contribution in [3.63, 3.8) is 0 Å². The van der Waals surface area contributed by atoms with Gasteiger partial charge in [0.15, 0.2) is 6.10 Å². The Morgan fingerprint density at radius 2 is 1.12 bits per heavy atom. The standard InChI is InChI=1S/C18H22O2.C6H12O7/c1-17(2,15-11-7-5-8-12-15)19-20-18(3,4)16-13-9-6-10-14-16;7-1-2(8)3(9)4(10)5(11)6(12)13/h5-14H,1-4H3;2-5,7-11H,1H2,(H,12,13). The van der Waals surface area contributed by atoms with E-state index in [1.54, 1.807) is 0 Å². The number of rotatable bonds is 10. The average molecular weight is 467 g/mol. The van der Waals surface area contributed by atoms with E-state index in [0.29, 0.717) is 0 Å². The molecule has 9 nitrogen and oxygen atoms in total. The van der Waals surface area contributed by atoms with Crippen molar-refractivity contribution in [1.82, 2.24) is 0 Å². The summed E-state index contributed by atoms with van der Waals surface area (Å²) in [5.74, 6) is -1.73. The maximum absolute atomic E-state index is 10.1. The molecule has 2 aromatic carbocycles. The number of carboxylic acid groups (broad SMARTS) is 1.